The second kappa shape index (κ2) is 9.85. The van der Waals surface area contributed by atoms with Gasteiger partial charge in [0.2, 0.25) is 0 Å². The van der Waals surface area contributed by atoms with Crippen molar-refractivity contribution in [2.75, 3.05) is 0 Å². The second-order valence-electron chi connectivity index (χ2n) is 9.00. The van der Waals surface area contributed by atoms with Gasteiger partial charge in [-0.25, -0.2) is 8.78 Å². The van der Waals surface area contributed by atoms with E-state index in [0.717, 1.165) is 36.2 Å². The summed E-state index contributed by atoms with van der Waals surface area (Å²) in [6, 6.07) is 4.48. The number of rotatable bonds is 7. The molecule has 0 heterocycles. The van der Waals surface area contributed by atoms with E-state index in [0.29, 0.717) is 5.92 Å². The van der Waals surface area contributed by atoms with Crippen molar-refractivity contribution in [3.63, 3.8) is 0 Å². The second-order valence-corrected chi connectivity index (χ2v) is 9.00. The standard InChI is InChI=1S/C24H36F2/c1-2-3-4-18-5-7-19(8-6-18)9-10-20-11-13-21(14-12-20)22-15-16-23(25)24(26)17-22/h15-21H,2-14H2,1H3/t18-,19-,20-,21-. The molecule has 0 N–H and O–H groups in total. The maximum Gasteiger partial charge on any atom is 0.159 e. The molecule has 0 unspecified atom stereocenters. The third-order valence-corrected chi connectivity index (χ3v) is 7.18. The highest BCUT2D eigenvalue weighted by Crippen LogP contribution is 2.40. The van der Waals surface area contributed by atoms with Crippen molar-refractivity contribution in [2.45, 2.75) is 96.3 Å². The largest absolute Gasteiger partial charge is 0.204 e. The van der Waals surface area contributed by atoms with E-state index >= 15 is 0 Å². The highest BCUT2D eigenvalue weighted by Gasteiger charge is 2.25. The SMILES string of the molecule is CCCC[C@H]1CC[C@H](CC[C@H]2CC[C@H](c3ccc(F)c(F)c3)CC2)CC1. The van der Waals surface area contributed by atoms with E-state index in [1.165, 1.54) is 82.8 Å². The predicted octanol–water partition coefficient (Wildman–Crippen LogP) is 8.02. The minimum atomic E-state index is -0.730. The molecule has 2 aliphatic rings. The molecule has 26 heavy (non-hydrogen) atoms. The van der Waals surface area contributed by atoms with Gasteiger partial charge in [0.1, 0.15) is 0 Å². The Morgan fingerprint density at radius 2 is 1.27 bits per heavy atom. The molecule has 3 rings (SSSR count). The first kappa shape index (κ1) is 19.8. The van der Waals surface area contributed by atoms with E-state index in [-0.39, 0.29) is 0 Å². The molecule has 2 saturated carbocycles. The van der Waals surface area contributed by atoms with Gasteiger partial charge in [-0.3, -0.25) is 0 Å². The van der Waals surface area contributed by atoms with Crippen molar-refractivity contribution < 1.29 is 8.78 Å². The number of benzene rings is 1. The van der Waals surface area contributed by atoms with Crippen LogP contribution in [0.3, 0.4) is 0 Å². The van der Waals surface area contributed by atoms with E-state index in [1.54, 1.807) is 6.07 Å². The van der Waals surface area contributed by atoms with Gasteiger partial charge < -0.3 is 0 Å². The summed E-state index contributed by atoms with van der Waals surface area (Å²) in [5, 5.41) is 0. The van der Waals surface area contributed by atoms with Crippen LogP contribution in [0.5, 0.6) is 0 Å². The molecule has 2 aliphatic carbocycles. The van der Waals surface area contributed by atoms with Crippen LogP contribution in [0.15, 0.2) is 18.2 Å². The molecule has 0 aromatic heterocycles. The topological polar surface area (TPSA) is 0 Å². The van der Waals surface area contributed by atoms with Gasteiger partial charge in [-0.1, -0.05) is 70.8 Å². The fourth-order valence-electron chi connectivity index (χ4n) is 5.32. The maximum absolute atomic E-state index is 13.5. The normalized spacial score (nSPS) is 29.7. The van der Waals surface area contributed by atoms with Gasteiger partial charge in [0.05, 0.1) is 0 Å². The molecule has 146 valence electrons. The van der Waals surface area contributed by atoms with Gasteiger partial charge in [-0.05, 0) is 67.1 Å². The molecule has 0 atom stereocenters. The molecule has 0 radical (unpaired) electrons. The zero-order valence-electron chi connectivity index (χ0n) is 16.5. The molecule has 2 fully saturated rings. The Labute approximate surface area is 158 Å². The van der Waals surface area contributed by atoms with Gasteiger partial charge in [-0.15, -0.1) is 0 Å². The van der Waals surface area contributed by atoms with E-state index in [1.807, 2.05) is 0 Å². The maximum atomic E-state index is 13.5. The molecular formula is C24H36F2. The van der Waals surface area contributed by atoms with Crippen LogP contribution in [0.4, 0.5) is 8.78 Å². The molecular weight excluding hydrogens is 326 g/mol. The summed E-state index contributed by atoms with van der Waals surface area (Å²) in [6.45, 7) is 2.30. The lowest BCUT2D eigenvalue weighted by Gasteiger charge is -2.32. The van der Waals surface area contributed by atoms with Crippen LogP contribution in [0.2, 0.25) is 0 Å². The van der Waals surface area contributed by atoms with E-state index < -0.39 is 11.6 Å². The van der Waals surface area contributed by atoms with Crippen LogP contribution in [0.25, 0.3) is 0 Å². The molecule has 0 spiro atoms. The van der Waals surface area contributed by atoms with Crippen LogP contribution in [0, 0.1) is 29.4 Å². The molecule has 0 saturated heterocycles. The van der Waals surface area contributed by atoms with Crippen molar-refractivity contribution in [2.24, 2.45) is 17.8 Å². The Morgan fingerprint density at radius 1 is 0.731 bits per heavy atom. The summed E-state index contributed by atoms with van der Waals surface area (Å²) in [6.07, 6.45) is 17.7. The molecule has 0 bridgehead atoms. The molecule has 0 nitrogen and oxygen atoms in total. The molecule has 0 aliphatic heterocycles. The van der Waals surface area contributed by atoms with Crippen LogP contribution >= 0.6 is 0 Å². The summed E-state index contributed by atoms with van der Waals surface area (Å²) < 4.78 is 26.6. The molecule has 2 heteroatoms. The number of unbranched alkanes of at least 4 members (excludes halogenated alkanes) is 1. The summed E-state index contributed by atoms with van der Waals surface area (Å²) >= 11 is 0. The Balaban J connectivity index is 1.35. The average molecular weight is 363 g/mol. The Bertz CT molecular complexity index is 537. The van der Waals surface area contributed by atoms with Gasteiger partial charge in [0.25, 0.3) is 0 Å². The van der Waals surface area contributed by atoms with Crippen LogP contribution in [-0.4, -0.2) is 0 Å². The number of halogens is 2. The lowest BCUT2D eigenvalue weighted by atomic mass is 9.74. The zero-order valence-corrected chi connectivity index (χ0v) is 16.5. The minimum absolute atomic E-state index is 0.426. The van der Waals surface area contributed by atoms with Crippen molar-refractivity contribution in [1.82, 2.24) is 0 Å². The zero-order chi connectivity index (χ0) is 18.4. The Morgan fingerprint density at radius 3 is 1.81 bits per heavy atom. The fraction of sp³-hybridized carbons (Fsp3) is 0.750. The lowest BCUT2D eigenvalue weighted by molar-refractivity contribution is 0.222. The molecule has 1 aromatic rings. The smallest absolute Gasteiger partial charge is 0.159 e. The average Bonchev–Trinajstić information content (AvgIpc) is 2.68. The van der Waals surface area contributed by atoms with E-state index in [2.05, 4.69) is 6.92 Å². The molecule has 0 amide bonds. The number of hydrogen-bond donors (Lipinski definition) is 0. The summed E-state index contributed by atoms with van der Waals surface area (Å²) in [5.41, 5.74) is 0.993. The third kappa shape index (κ3) is 5.54. The monoisotopic (exact) mass is 362 g/mol. The van der Waals surface area contributed by atoms with Gasteiger partial charge in [0, 0.05) is 0 Å². The van der Waals surface area contributed by atoms with Gasteiger partial charge in [0.15, 0.2) is 11.6 Å². The quantitative estimate of drug-likeness (QED) is 0.460. The first-order chi connectivity index (χ1) is 12.7. The molecule has 1 aromatic carbocycles. The van der Waals surface area contributed by atoms with Crippen molar-refractivity contribution in [3.05, 3.63) is 35.4 Å². The lowest BCUT2D eigenvalue weighted by Crippen LogP contribution is -2.18. The first-order valence-corrected chi connectivity index (χ1v) is 11.1. The highest BCUT2D eigenvalue weighted by atomic mass is 19.2. The van der Waals surface area contributed by atoms with Crippen LogP contribution < -0.4 is 0 Å². The minimum Gasteiger partial charge on any atom is -0.204 e. The first-order valence-electron chi connectivity index (χ1n) is 11.1. The number of hydrogen-bond acceptors (Lipinski definition) is 0. The summed E-state index contributed by atoms with van der Waals surface area (Å²) in [7, 11) is 0. The fourth-order valence-corrected chi connectivity index (χ4v) is 5.32. The van der Waals surface area contributed by atoms with Crippen LogP contribution in [-0.2, 0) is 0 Å². The third-order valence-electron chi connectivity index (χ3n) is 7.18. The summed E-state index contributed by atoms with van der Waals surface area (Å²) in [5.74, 6) is 1.84. The Hall–Kier alpha value is -0.920. The van der Waals surface area contributed by atoms with Crippen LogP contribution in [0.1, 0.15) is 102 Å². The van der Waals surface area contributed by atoms with Crippen molar-refractivity contribution in [1.29, 1.82) is 0 Å². The van der Waals surface area contributed by atoms with Gasteiger partial charge >= 0.3 is 0 Å². The Kier molecular flexibility index (Phi) is 7.52. The van der Waals surface area contributed by atoms with E-state index in [4.69, 9.17) is 0 Å². The van der Waals surface area contributed by atoms with E-state index in [9.17, 15) is 8.78 Å². The highest BCUT2D eigenvalue weighted by molar-refractivity contribution is 5.22. The van der Waals surface area contributed by atoms with Gasteiger partial charge in [-0.2, -0.15) is 0 Å². The van der Waals surface area contributed by atoms with Crippen molar-refractivity contribution >= 4 is 0 Å². The van der Waals surface area contributed by atoms with Crippen molar-refractivity contribution in [3.8, 4) is 0 Å². The summed E-state index contributed by atoms with van der Waals surface area (Å²) in [4.78, 5) is 0. The predicted molar refractivity (Wildman–Crippen MR) is 105 cm³/mol.